The molecule has 0 saturated heterocycles. The van der Waals surface area contributed by atoms with E-state index in [0.29, 0.717) is 11.3 Å². The van der Waals surface area contributed by atoms with Gasteiger partial charge in [0.15, 0.2) is 0 Å². The molecule has 5 nitrogen and oxygen atoms in total. The molecule has 0 fully saturated rings. The number of aryl methyl sites for hydroxylation is 1. The van der Waals surface area contributed by atoms with E-state index in [2.05, 4.69) is 5.32 Å². The van der Waals surface area contributed by atoms with E-state index < -0.39 is 5.91 Å². The van der Waals surface area contributed by atoms with Crippen LogP contribution in [0.25, 0.3) is 0 Å². The monoisotopic (exact) mass is 268 g/mol. The van der Waals surface area contributed by atoms with Gasteiger partial charge in [0, 0.05) is 0 Å². The number of nitrogens with one attached hydrogen (secondary N) is 1. The lowest BCUT2D eigenvalue weighted by Crippen LogP contribution is -2.13. The Morgan fingerprint density at radius 1 is 1.15 bits per heavy atom. The van der Waals surface area contributed by atoms with Crippen molar-refractivity contribution in [1.29, 1.82) is 5.26 Å². The second kappa shape index (κ2) is 5.33. The minimum atomic E-state index is -0.678. The van der Waals surface area contributed by atoms with Gasteiger partial charge >= 0.3 is 0 Å². The lowest BCUT2D eigenvalue weighted by molar-refractivity contribution is 0.102. The third-order valence-corrected chi connectivity index (χ3v) is 2.88. The van der Waals surface area contributed by atoms with Gasteiger partial charge in [-0.25, -0.2) is 0 Å². The Morgan fingerprint density at radius 2 is 1.75 bits per heavy atom. The summed E-state index contributed by atoms with van der Waals surface area (Å²) in [7, 11) is 0. The smallest absolute Gasteiger partial charge is 0.263 e. The minimum Gasteiger partial charge on any atom is -0.507 e. The van der Waals surface area contributed by atoms with E-state index in [0.717, 1.165) is 5.56 Å². The molecule has 2 aromatic carbocycles. The van der Waals surface area contributed by atoms with Gasteiger partial charge in [-0.1, -0.05) is 18.2 Å². The fourth-order valence-electron chi connectivity index (χ4n) is 1.87. The molecule has 2 rings (SSSR count). The molecule has 0 aliphatic heterocycles. The number of phenols is 2. The van der Waals surface area contributed by atoms with Gasteiger partial charge in [-0.3, -0.25) is 4.79 Å². The Bertz CT molecular complexity index is 697. The average molecular weight is 268 g/mol. The molecule has 0 spiro atoms. The van der Waals surface area contributed by atoms with Crippen molar-refractivity contribution in [2.24, 2.45) is 0 Å². The van der Waals surface area contributed by atoms with Crippen LogP contribution in [0.2, 0.25) is 0 Å². The molecule has 0 atom stereocenters. The number of hydrogen-bond donors (Lipinski definition) is 3. The first-order valence-electron chi connectivity index (χ1n) is 5.86. The molecule has 0 unspecified atom stereocenters. The molecule has 0 bridgehead atoms. The van der Waals surface area contributed by atoms with Crippen LogP contribution in [0.5, 0.6) is 11.5 Å². The second-order valence-electron chi connectivity index (χ2n) is 4.23. The highest BCUT2D eigenvalue weighted by atomic mass is 16.3. The van der Waals surface area contributed by atoms with Crippen LogP contribution in [0.15, 0.2) is 36.4 Å². The van der Waals surface area contributed by atoms with Gasteiger partial charge in [0.25, 0.3) is 5.91 Å². The van der Waals surface area contributed by atoms with Crippen molar-refractivity contribution in [2.45, 2.75) is 6.92 Å². The summed E-state index contributed by atoms with van der Waals surface area (Å²) in [6.07, 6.45) is 0. The standard InChI is InChI=1S/C15H12N2O3/c1-9-4-2-5-11(10(9)8-16)17-15(20)14-12(18)6-3-7-13(14)19/h2-7,18-19H,1H3,(H,17,20). The maximum atomic E-state index is 12.1. The molecule has 20 heavy (non-hydrogen) atoms. The molecule has 2 aromatic rings. The third kappa shape index (κ3) is 2.40. The van der Waals surface area contributed by atoms with E-state index >= 15 is 0 Å². The molecule has 0 aliphatic carbocycles. The molecule has 100 valence electrons. The van der Waals surface area contributed by atoms with E-state index in [-0.39, 0.29) is 17.1 Å². The molecular weight excluding hydrogens is 256 g/mol. The third-order valence-electron chi connectivity index (χ3n) is 2.88. The van der Waals surface area contributed by atoms with Crippen molar-refractivity contribution in [3.05, 3.63) is 53.1 Å². The molecule has 1 amide bonds. The summed E-state index contributed by atoms with van der Waals surface area (Å²) < 4.78 is 0. The highest BCUT2D eigenvalue weighted by Crippen LogP contribution is 2.28. The number of aromatic hydroxyl groups is 2. The Morgan fingerprint density at radius 3 is 2.35 bits per heavy atom. The van der Waals surface area contributed by atoms with Crippen LogP contribution in [0, 0.1) is 18.3 Å². The molecule has 5 heteroatoms. The van der Waals surface area contributed by atoms with Gasteiger partial charge in [-0.2, -0.15) is 5.26 Å². The number of anilines is 1. The van der Waals surface area contributed by atoms with Crippen LogP contribution >= 0.6 is 0 Å². The molecular formula is C15H12N2O3. The number of rotatable bonds is 2. The Kier molecular flexibility index (Phi) is 3.58. The maximum absolute atomic E-state index is 12.1. The number of carbonyl (C=O) groups excluding carboxylic acids is 1. The van der Waals surface area contributed by atoms with Gasteiger partial charge in [-0.15, -0.1) is 0 Å². The predicted octanol–water partition coefficient (Wildman–Crippen LogP) is 2.53. The van der Waals surface area contributed by atoms with Crippen molar-refractivity contribution >= 4 is 11.6 Å². The highest BCUT2D eigenvalue weighted by Gasteiger charge is 2.17. The lowest BCUT2D eigenvalue weighted by Gasteiger charge is -2.10. The molecule has 0 aliphatic rings. The van der Waals surface area contributed by atoms with Crippen LogP contribution in [0.3, 0.4) is 0 Å². The lowest BCUT2D eigenvalue weighted by atomic mass is 10.1. The summed E-state index contributed by atoms with van der Waals surface area (Å²) in [5.74, 6) is -1.33. The summed E-state index contributed by atoms with van der Waals surface area (Å²) in [4.78, 5) is 12.1. The van der Waals surface area contributed by atoms with Crippen molar-refractivity contribution in [2.75, 3.05) is 5.32 Å². The van der Waals surface area contributed by atoms with E-state index in [4.69, 9.17) is 5.26 Å². The number of benzene rings is 2. The Hall–Kier alpha value is -3.00. The van der Waals surface area contributed by atoms with Gasteiger partial charge in [0.2, 0.25) is 0 Å². The normalized spacial score (nSPS) is 9.80. The van der Waals surface area contributed by atoms with Gasteiger partial charge in [0.1, 0.15) is 23.1 Å². The number of hydrogen-bond acceptors (Lipinski definition) is 4. The summed E-state index contributed by atoms with van der Waals surface area (Å²) in [6.45, 7) is 1.76. The Balaban J connectivity index is 2.39. The fraction of sp³-hybridized carbons (Fsp3) is 0.0667. The van der Waals surface area contributed by atoms with Gasteiger partial charge in [0.05, 0.1) is 11.3 Å². The molecule has 3 N–H and O–H groups in total. The Labute approximate surface area is 115 Å². The first-order valence-corrected chi connectivity index (χ1v) is 5.86. The minimum absolute atomic E-state index is 0.224. The van der Waals surface area contributed by atoms with E-state index in [1.165, 1.54) is 18.2 Å². The zero-order valence-electron chi connectivity index (χ0n) is 10.7. The summed E-state index contributed by atoms with van der Waals surface area (Å²) in [6, 6.07) is 11.1. The maximum Gasteiger partial charge on any atom is 0.263 e. The van der Waals surface area contributed by atoms with Crippen LogP contribution < -0.4 is 5.32 Å². The van der Waals surface area contributed by atoms with Crippen LogP contribution in [-0.2, 0) is 0 Å². The fourth-order valence-corrected chi connectivity index (χ4v) is 1.87. The van der Waals surface area contributed by atoms with Crippen molar-refractivity contribution in [3.8, 4) is 17.6 Å². The first kappa shape index (κ1) is 13.4. The number of amides is 1. The summed E-state index contributed by atoms with van der Waals surface area (Å²) >= 11 is 0. The van der Waals surface area contributed by atoms with Crippen LogP contribution in [-0.4, -0.2) is 16.1 Å². The SMILES string of the molecule is Cc1cccc(NC(=O)c2c(O)cccc2O)c1C#N. The van der Waals surface area contributed by atoms with E-state index in [9.17, 15) is 15.0 Å². The second-order valence-corrected chi connectivity index (χ2v) is 4.23. The number of nitrogens with zero attached hydrogens (tertiary/aromatic N) is 1. The average Bonchev–Trinajstić information content (AvgIpc) is 2.38. The van der Waals surface area contributed by atoms with E-state index in [1.54, 1.807) is 25.1 Å². The van der Waals surface area contributed by atoms with Gasteiger partial charge in [-0.05, 0) is 30.7 Å². The predicted molar refractivity (Wildman–Crippen MR) is 73.6 cm³/mol. The molecule has 0 radical (unpaired) electrons. The zero-order chi connectivity index (χ0) is 14.7. The van der Waals surface area contributed by atoms with Crippen LogP contribution in [0.4, 0.5) is 5.69 Å². The highest BCUT2D eigenvalue weighted by molar-refractivity contribution is 6.08. The number of nitriles is 1. The van der Waals surface area contributed by atoms with Crippen molar-refractivity contribution < 1.29 is 15.0 Å². The topological polar surface area (TPSA) is 93.3 Å². The van der Waals surface area contributed by atoms with E-state index in [1.807, 2.05) is 6.07 Å². The molecule has 0 aromatic heterocycles. The van der Waals surface area contributed by atoms with Gasteiger partial charge < -0.3 is 15.5 Å². The largest absolute Gasteiger partial charge is 0.507 e. The van der Waals surface area contributed by atoms with Crippen LogP contribution in [0.1, 0.15) is 21.5 Å². The first-order chi connectivity index (χ1) is 9.54. The summed E-state index contributed by atoms with van der Waals surface area (Å²) in [5.41, 5.74) is 1.18. The number of phenolic OH excluding ortho intramolecular Hbond substituents is 2. The van der Waals surface area contributed by atoms with Crippen molar-refractivity contribution in [3.63, 3.8) is 0 Å². The zero-order valence-corrected chi connectivity index (χ0v) is 10.7. The number of carbonyl (C=O) groups is 1. The summed E-state index contributed by atoms with van der Waals surface area (Å²) in [5, 5.41) is 30.9. The van der Waals surface area contributed by atoms with Crippen molar-refractivity contribution in [1.82, 2.24) is 0 Å². The quantitative estimate of drug-likeness (QED) is 0.780. The molecule has 0 heterocycles. The molecule has 0 saturated carbocycles.